The van der Waals surface area contributed by atoms with E-state index in [0.717, 1.165) is 18.4 Å². The van der Waals surface area contributed by atoms with Gasteiger partial charge in [-0.1, -0.05) is 27.7 Å². The van der Waals surface area contributed by atoms with Crippen molar-refractivity contribution in [1.29, 1.82) is 0 Å². The Morgan fingerprint density at radius 2 is 2.05 bits per heavy atom. The van der Waals surface area contributed by atoms with Gasteiger partial charge in [0.05, 0.1) is 0 Å². The van der Waals surface area contributed by atoms with Crippen LogP contribution in [-0.2, 0) is 0 Å². The van der Waals surface area contributed by atoms with Crippen LogP contribution in [0.25, 0.3) is 0 Å². The van der Waals surface area contributed by atoms with Gasteiger partial charge in [0, 0.05) is 9.85 Å². The summed E-state index contributed by atoms with van der Waals surface area (Å²) >= 11 is 5.60. The van der Waals surface area contributed by atoms with E-state index in [-0.39, 0.29) is 0 Å². The summed E-state index contributed by atoms with van der Waals surface area (Å²) in [7, 11) is 0. The van der Waals surface area contributed by atoms with Crippen molar-refractivity contribution >= 4 is 27.3 Å². The normalized spacial score (nSPS) is 27.0. The summed E-state index contributed by atoms with van der Waals surface area (Å²) in [5, 5.41) is 8.27. The average molecular weight is 372 g/mol. The van der Waals surface area contributed by atoms with Gasteiger partial charge in [0.2, 0.25) is 0 Å². The molecule has 3 unspecified atom stereocenters. The Kier molecular flexibility index (Phi) is 6.34. The van der Waals surface area contributed by atoms with Crippen molar-refractivity contribution in [2.75, 3.05) is 13.1 Å². The molecule has 0 aliphatic heterocycles. The lowest BCUT2D eigenvalue weighted by Crippen LogP contribution is -2.35. The molecule has 21 heavy (non-hydrogen) atoms. The third kappa shape index (κ3) is 4.56. The predicted molar refractivity (Wildman–Crippen MR) is 98.2 cm³/mol. The van der Waals surface area contributed by atoms with Crippen LogP contribution in [0.3, 0.4) is 0 Å². The number of nitrogens with one attached hydrogen (secondary N) is 1. The summed E-state index contributed by atoms with van der Waals surface area (Å²) in [5.41, 5.74) is 1.99. The highest BCUT2D eigenvalue weighted by atomic mass is 79.9. The smallest absolute Gasteiger partial charge is 0.0317 e. The molecule has 1 aromatic heterocycles. The fourth-order valence-electron chi connectivity index (χ4n) is 3.67. The summed E-state index contributed by atoms with van der Waals surface area (Å²) in [4.78, 5) is 0. The molecule has 0 aromatic carbocycles. The largest absolute Gasteiger partial charge is 0.316 e. The van der Waals surface area contributed by atoms with E-state index in [4.69, 9.17) is 0 Å². The van der Waals surface area contributed by atoms with E-state index in [9.17, 15) is 0 Å². The zero-order valence-corrected chi connectivity index (χ0v) is 16.3. The maximum Gasteiger partial charge on any atom is 0.0317 e. The summed E-state index contributed by atoms with van der Waals surface area (Å²) in [6.45, 7) is 11.8. The van der Waals surface area contributed by atoms with Crippen LogP contribution in [-0.4, -0.2) is 13.1 Å². The van der Waals surface area contributed by atoms with E-state index in [0.29, 0.717) is 11.3 Å². The minimum absolute atomic E-state index is 0.433. The average Bonchev–Trinajstić information content (AvgIpc) is 2.84. The molecule has 0 spiro atoms. The Hall–Kier alpha value is 0.140. The van der Waals surface area contributed by atoms with Crippen LogP contribution in [0.15, 0.2) is 15.2 Å². The first kappa shape index (κ1) is 17.5. The first-order valence-corrected chi connectivity index (χ1v) is 10.1. The van der Waals surface area contributed by atoms with Gasteiger partial charge in [-0.15, -0.1) is 0 Å². The molecule has 1 N–H and O–H groups in total. The first-order chi connectivity index (χ1) is 9.93. The highest BCUT2D eigenvalue weighted by Gasteiger charge is 2.37. The molecule has 3 atom stereocenters. The number of hydrogen-bond donors (Lipinski definition) is 1. The van der Waals surface area contributed by atoms with Crippen molar-refractivity contribution in [3.05, 3.63) is 20.8 Å². The first-order valence-electron chi connectivity index (χ1n) is 8.35. The Bertz CT molecular complexity index is 435. The zero-order chi connectivity index (χ0) is 15.5. The molecule has 0 saturated heterocycles. The van der Waals surface area contributed by atoms with Gasteiger partial charge in [0.15, 0.2) is 0 Å². The Morgan fingerprint density at radius 3 is 2.62 bits per heavy atom. The van der Waals surface area contributed by atoms with E-state index in [1.54, 1.807) is 5.56 Å². The van der Waals surface area contributed by atoms with Gasteiger partial charge in [0.25, 0.3) is 0 Å². The second-order valence-corrected chi connectivity index (χ2v) is 9.22. The highest BCUT2D eigenvalue weighted by molar-refractivity contribution is 9.10. The van der Waals surface area contributed by atoms with Crippen molar-refractivity contribution in [1.82, 2.24) is 5.32 Å². The minimum Gasteiger partial charge on any atom is -0.316 e. The molecular weight excluding hydrogens is 342 g/mol. The highest BCUT2D eigenvalue weighted by Crippen LogP contribution is 2.48. The summed E-state index contributed by atoms with van der Waals surface area (Å²) in [6.07, 6.45) is 5.33. The van der Waals surface area contributed by atoms with Gasteiger partial charge in [-0.3, -0.25) is 0 Å². The molecule has 1 saturated carbocycles. The predicted octanol–water partition coefficient (Wildman–Crippen LogP) is 6.06. The fourth-order valence-corrected chi connectivity index (χ4v) is 5.32. The SMILES string of the molecule is CCCNCC1CCC(C(C)(C)C)CC1c1cscc1Br. The van der Waals surface area contributed by atoms with Gasteiger partial charge in [-0.25, -0.2) is 0 Å². The topological polar surface area (TPSA) is 12.0 Å². The molecule has 1 nitrogen and oxygen atoms in total. The summed E-state index contributed by atoms with van der Waals surface area (Å²) < 4.78 is 1.33. The van der Waals surface area contributed by atoms with Crippen molar-refractivity contribution in [2.24, 2.45) is 17.3 Å². The molecule has 2 rings (SSSR count). The van der Waals surface area contributed by atoms with Crippen LogP contribution in [0.1, 0.15) is 64.9 Å². The second-order valence-electron chi connectivity index (χ2n) is 7.62. The van der Waals surface area contributed by atoms with E-state index < -0.39 is 0 Å². The van der Waals surface area contributed by atoms with Crippen molar-refractivity contribution < 1.29 is 0 Å². The van der Waals surface area contributed by atoms with E-state index in [2.05, 4.69) is 59.7 Å². The van der Waals surface area contributed by atoms with Gasteiger partial charge < -0.3 is 5.32 Å². The van der Waals surface area contributed by atoms with E-state index in [1.807, 2.05) is 11.3 Å². The fraction of sp³-hybridized carbons (Fsp3) is 0.778. The van der Waals surface area contributed by atoms with Gasteiger partial charge in [-0.2, -0.15) is 11.3 Å². The quantitative estimate of drug-likeness (QED) is 0.620. The number of halogens is 1. The molecule has 0 radical (unpaired) electrons. The number of thiophene rings is 1. The Balaban J connectivity index is 2.12. The van der Waals surface area contributed by atoms with Crippen molar-refractivity contribution in [3.8, 4) is 0 Å². The number of hydrogen-bond acceptors (Lipinski definition) is 2. The van der Waals surface area contributed by atoms with Gasteiger partial charge >= 0.3 is 0 Å². The maximum atomic E-state index is 3.77. The molecule has 1 fully saturated rings. The van der Waals surface area contributed by atoms with Crippen molar-refractivity contribution in [3.63, 3.8) is 0 Å². The van der Waals surface area contributed by atoms with E-state index >= 15 is 0 Å². The van der Waals surface area contributed by atoms with Crippen molar-refractivity contribution in [2.45, 2.75) is 59.3 Å². The molecule has 1 aromatic rings. The molecule has 1 heterocycles. The monoisotopic (exact) mass is 371 g/mol. The molecule has 1 aliphatic carbocycles. The summed E-state index contributed by atoms with van der Waals surface area (Å²) in [6, 6.07) is 0. The maximum absolute atomic E-state index is 3.77. The van der Waals surface area contributed by atoms with Crippen LogP contribution in [0.4, 0.5) is 0 Å². The molecule has 3 heteroatoms. The lowest BCUT2D eigenvalue weighted by Gasteiger charge is -2.42. The third-order valence-electron chi connectivity index (χ3n) is 5.09. The molecule has 1 aliphatic rings. The Morgan fingerprint density at radius 1 is 1.29 bits per heavy atom. The zero-order valence-electron chi connectivity index (χ0n) is 13.9. The lowest BCUT2D eigenvalue weighted by atomic mass is 9.64. The number of rotatable bonds is 5. The van der Waals surface area contributed by atoms with Crippen LogP contribution in [0.5, 0.6) is 0 Å². The van der Waals surface area contributed by atoms with Crippen LogP contribution in [0, 0.1) is 17.3 Å². The standard InChI is InChI=1S/C18H30BrNS/c1-5-8-20-10-13-6-7-14(18(2,3)4)9-15(13)16-11-21-12-17(16)19/h11-15,20H,5-10H2,1-4H3. The van der Waals surface area contributed by atoms with Crippen LogP contribution >= 0.6 is 27.3 Å². The lowest BCUT2D eigenvalue weighted by molar-refractivity contribution is 0.129. The van der Waals surface area contributed by atoms with Gasteiger partial charge in [-0.05, 0) is 88.8 Å². The molecule has 0 amide bonds. The second kappa shape index (κ2) is 7.61. The third-order valence-corrected chi connectivity index (χ3v) is 6.84. The molecule has 0 bridgehead atoms. The Labute approximate surface area is 143 Å². The summed E-state index contributed by atoms with van der Waals surface area (Å²) in [5.74, 6) is 2.35. The minimum atomic E-state index is 0.433. The van der Waals surface area contributed by atoms with Crippen LogP contribution in [0.2, 0.25) is 0 Å². The van der Waals surface area contributed by atoms with E-state index in [1.165, 1.54) is 36.7 Å². The molecular formula is C18H30BrNS. The van der Waals surface area contributed by atoms with Crippen LogP contribution < -0.4 is 5.32 Å². The molecule has 120 valence electrons. The van der Waals surface area contributed by atoms with Gasteiger partial charge in [0.1, 0.15) is 0 Å².